The van der Waals surface area contributed by atoms with E-state index in [2.05, 4.69) is 21.8 Å². The van der Waals surface area contributed by atoms with E-state index in [1.54, 1.807) is 12.4 Å². The lowest BCUT2D eigenvalue weighted by atomic mass is 9.65. The van der Waals surface area contributed by atoms with Gasteiger partial charge in [-0.15, -0.1) is 0 Å². The summed E-state index contributed by atoms with van der Waals surface area (Å²) in [7, 11) is 2.17. The summed E-state index contributed by atoms with van der Waals surface area (Å²) in [5.74, 6) is 0.952. The van der Waals surface area contributed by atoms with Gasteiger partial charge in [0.1, 0.15) is 0 Å². The number of amides is 2. The van der Waals surface area contributed by atoms with Gasteiger partial charge >= 0.3 is 0 Å². The van der Waals surface area contributed by atoms with E-state index in [4.69, 9.17) is 0 Å². The Labute approximate surface area is 173 Å². The molecule has 1 aromatic rings. The molecule has 156 valence electrons. The van der Waals surface area contributed by atoms with Crippen LogP contribution in [-0.2, 0) is 4.79 Å². The molecule has 4 fully saturated rings. The number of carbonyl (C=O) groups is 2. The quantitative estimate of drug-likeness (QED) is 0.770. The lowest BCUT2D eigenvalue weighted by molar-refractivity contribution is -0.142. The molecule has 4 heterocycles. The highest BCUT2D eigenvalue weighted by atomic mass is 16.2. The molecule has 0 bridgehead atoms. The summed E-state index contributed by atoms with van der Waals surface area (Å²) in [5, 5.41) is 0. The van der Waals surface area contributed by atoms with Gasteiger partial charge in [0.2, 0.25) is 5.91 Å². The molecule has 1 saturated carbocycles. The van der Waals surface area contributed by atoms with Crippen LogP contribution in [0.25, 0.3) is 0 Å². The average molecular weight is 397 g/mol. The molecular formula is C23H32N4O2. The van der Waals surface area contributed by atoms with Crippen LogP contribution in [0.1, 0.15) is 48.9 Å². The predicted molar refractivity (Wildman–Crippen MR) is 110 cm³/mol. The molecule has 4 aliphatic rings. The number of pyridine rings is 1. The maximum Gasteiger partial charge on any atom is 0.255 e. The first kappa shape index (κ1) is 19.0. The average Bonchev–Trinajstić information content (AvgIpc) is 3.46. The maximum atomic E-state index is 13.6. The van der Waals surface area contributed by atoms with Crippen LogP contribution in [-0.4, -0.2) is 77.8 Å². The van der Waals surface area contributed by atoms with Gasteiger partial charge < -0.3 is 14.7 Å². The summed E-state index contributed by atoms with van der Waals surface area (Å²) in [6, 6.07) is 3.67. The first-order valence-corrected chi connectivity index (χ1v) is 11.2. The molecule has 1 aromatic heterocycles. The van der Waals surface area contributed by atoms with Crippen molar-refractivity contribution in [1.29, 1.82) is 0 Å². The van der Waals surface area contributed by atoms with Gasteiger partial charge in [-0.1, -0.05) is 0 Å². The maximum absolute atomic E-state index is 13.6. The summed E-state index contributed by atoms with van der Waals surface area (Å²) in [5.41, 5.74) is 0.703. The Hall–Kier alpha value is -1.95. The van der Waals surface area contributed by atoms with Crippen molar-refractivity contribution >= 4 is 11.8 Å². The van der Waals surface area contributed by atoms with Gasteiger partial charge in [-0.25, -0.2) is 0 Å². The van der Waals surface area contributed by atoms with E-state index < -0.39 is 0 Å². The molecule has 0 N–H and O–H groups in total. The monoisotopic (exact) mass is 396 g/mol. The molecule has 6 nitrogen and oxygen atoms in total. The fourth-order valence-electron chi connectivity index (χ4n) is 6.81. The minimum absolute atomic E-state index is 0.0916. The Morgan fingerprint density at radius 2 is 1.79 bits per heavy atom. The van der Waals surface area contributed by atoms with Crippen molar-refractivity contribution < 1.29 is 9.59 Å². The molecule has 1 aliphatic carbocycles. The van der Waals surface area contributed by atoms with Gasteiger partial charge in [0.15, 0.2) is 0 Å². The van der Waals surface area contributed by atoms with Crippen LogP contribution in [0, 0.1) is 16.7 Å². The zero-order valence-corrected chi connectivity index (χ0v) is 17.5. The summed E-state index contributed by atoms with van der Waals surface area (Å²) in [6.45, 7) is 5.40. The zero-order valence-electron chi connectivity index (χ0n) is 17.5. The molecule has 2 atom stereocenters. The van der Waals surface area contributed by atoms with Crippen LogP contribution < -0.4 is 0 Å². The number of nitrogens with zero attached hydrogens (tertiary/aromatic N) is 4. The van der Waals surface area contributed by atoms with Gasteiger partial charge in [-0.2, -0.15) is 0 Å². The van der Waals surface area contributed by atoms with E-state index in [1.165, 1.54) is 0 Å². The zero-order chi connectivity index (χ0) is 20.1. The van der Waals surface area contributed by atoms with Gasteiger partial charge in [0.05, 0.1) is 11.0 Å². The molecule has 1 spiro atoms. The molecule has 5 rings (SSSR count). The van der Waals surface area contributed by atoms with Crippen molar-refractivity contribution in [3.05, 3.63) is 30.1 Å². The molecule has 2 amide bonds. The molecule has 0 unspecified atom stereocenters. The second kappa shape index (κ2) is 7.08. The van der Waals surface area contributed by atoms with Crippen LogP contribution >= 0.6 is 0 Å². The Balaban J connectivity index is 1.33. The van der Waals surface area contributed by atoms with Crippen molar-refractivity contribution in [3.63, 3.8) is 0 Å². The topological polar surface area (TPSA) is 56.8 Å². The highest BCUT2D eigenvalue weighted by molar-refractivity contribution is 5.94. The predicted octanol–water partition coefficient (Wildman–Crippen LogP) is 2.27. The normalized spacial score (nSPS) is 31.4. The number of piperidine rings is 1. The van der Waals surface area contributed by atoms with E-state index >= 15 is 0 Å². The van der Waals surface area contributed by atoms with Gasteiger partial charge in [-0.3, -0.25) is 14.6 Å². The highest BCUT2D eigenvalue weighted by Crippen LogP contribution is 2.62. The summed E-state index contributed by atoms with van der Waals surface area (Å²) in [4.78, 5) is 37.1. The van der Waals surface area contributed by atoms with Crippen LogP contribution in [0.2, 0.25) is 0 Å². The third kappa shape index (κ3) is 2.98. The fourth-order valence-corrected chi connectivity index (χ4v) is 6.81. The van der Waals surface area contributed by atoms with Crippen molar-refractivity contribution in [2.24, 2.45) is 16.7 Å². The Bertz CT molecular complexity index is 783. The molecule has 3 aliphatic heterocycles. The third-order valence-corrected chi connectivity index (χ3v) is 8.30. The first-order valence-electron chi connectivity index (χ1n) is 11.2. The standard InChI is InChI=1S/C23H32N4O2/c1-25-16-19-22(6-7-23(19,17-25)21(29)27-11-2-3-12-27)8-13-26(14-9-22)20(28)18-5-4-10-24-15-18/h4-5,10,15,19H,2-3,6-9,11-14,16-17H2,1H3/t19-,23+/m0/s1. The van der Waals surface area contributed by atoms with Crippen LogP contribution in [0.5, 0.6) is 0 Å². The Morgan fingerprint density at radius 1 is 1.03 bits per heavy atom. The third-order valence-electron chi connectivity index (χ3n) is 8.30. The number of hydrogen-bond donors (Lipinski definition) is 0. The number of likely N-dealkylation sites (tertiary alicyclic amines) is 3. The van der Waals surface area contributed by atoms with Gasteiger partial charge in [-0.05, 0) is 69.0 Å². The number of hydrogen-bond acceptors (Lipinski definition) is 4. The van der Waals surface area contributed by atoms with Crippen molar-refractivity contribution in [3.8, 4) is 0 Å². The number of carbonyl (C=O) groups excluding carboxylic acids is 2. The van der Waals surface area contributed by atoms with E-state index in [9.17, 15) is 9.59 Å². The smallest absolute Gasteiger partial charge is 0.255 e. The fraction of sp³-hybridized carbons (Fsp3) is 0.696. The molecule has 0 radical (unpaired) electrons. The molecule has 0 aromatic carbocycles. The second-order valence-corrected chi connectivity index (χ2v) is 9.80. The van der Waals surface area contributed by atoms with Crippen LogP contribution in [0.4, 0.5) is 0 Å². The van der Waals surface area contributed by atoms with E-state index in [0.29, 0.717) is 17.4 Å². The highest BCUT2D eigenvalue weighted by Gasteiger charge is 2.64. The van der Waals surface area contributed by atoms with Crippen LogP contribution in [0.3, 0.4) is 0 Å². The Morgan fingerprint density at radius 3 is 2.48 bits per heavy atom. The second-order valence-electron chi connectivity index (χ2n) is 9.80. The first-order chi connectivity index (χ1) is 14.0. The largest absolute Gasteiger partial charge is 0.342 e. The summed E-state index contributed by atoms with van der Waals surface area (Å²) in [6.07, 6.45) is 9.87. The van der Waals surface area contributed by atoms with Crippen LogP contribution in [0.15, 0.2) is 24.5 Å². The summed E-state index contributed by atoms with van der Waals surface area (Å²) >= 11 is 0. The van der Waals surface area contributed by atoms with Gasteiger partial charge in [0, 0.05) is 51.7 Å². The number of aromatic nitrogens is 1. The minimum atomic E-state index is -0.186. The van der Waals surface area contributed by atoms with Gasteiger partial charge in [0.25, 0.3) is 5.91 Å². The molecule has 3 saturated heterocycles. The number of fused-ring (bicyclic) bond motifs is 2. The van der Waals surface area contributed by atoms with Crippen molar-refractivity contribution in [2.45, 2.75) is 38.5 Å². The Kier molecular flexibility index (Phi) is 4.65. The van der Waals surface area contributed by atoms with E-state index in [1.807, 2.05) is 17.0 Å². The SMILES string of the molecule is CN1C[C@H]2C3(CCN(C(=O)c4cccnc4)CC3)CC[C@@]2(C(=O)N2CCCC2)C1. The lowest BCUT2D eigenvalue weighted by Crippen LogP contribution is -2.50. The van der Waals surface area contributed by atoms with Crippen molar-refractivity contribution in [1.82, 2.24) is 19.7 Å². The molecule has 6 heteroatoms. The van der Waals surface area contributed by atoms with Crippen molar-refractivity contribution in [2.75, 3.05) is 46.3 Å². The minimum Gasteiger partial charge on any atom is -0.342 e. The molecule has 29 heavy (non-hydrogen) atoms. The lowest BCUT2D eigenvalue weighted by Gasteiger charge is -2.45. The van der Waals surface area contributed by atoms with E-state index in [-0.39, 0.29) is 16.7 Å². The summed E-state index contributed by atoms with van der Waals surface area (Å²) < 4.78 is 0. The number of rotatable bonds is 2. The van der Waals surface area contributed by atoms with E-state index in [0.717, 1.165) is 77.8 Å². The molecular weight excluding hydrogens is 364 g/mol.